The monoisotopic (exact) mass is 700 g/mol. The molecule has 6 heteroatoms. The van der Waals surface area contributed by atoms with Gasteiger partial charge in [0.25, 0.3) is 0 Å². The third-order valence-corrected chi connectivity index (χ3v) is 9.39. The summed E-state index contributed by atoms with van der Waals surface area (Å²) in [7, 11) is 0. The molecule has 0 aliphatic heterocycles. The number of rotatable bonds is 9. The predicted octanol–water partition coefficient (Wildman–Crippen LogP) is 12.4. The van der Waals surface area contributed by atoms with E-state index in [-0.39, 0.29) is 0 Å². The number of anilines is 6. The molecule has 0 spiro atoms. The molecule has 0 fully saturated rings. The summed E-state index contributed by atoms with van der Waals surface area (Å²) >= 11 is 0. The number of hydrogen-bond donors (Lipinski definition) is 0. The molecule has 0 saturated heterocycles. The van der Waals surface area contributed by atoms with Crippen molar-refractivity contribution in [2.24, 2.45) is 0 Å². The lowest BCUT2D eigenvalue weighted by atomic mass is 10.0. The molecule has 8 aromatic rings. The average molecular weight is 701 g/mol. The van der Waals surface area contributed by atoms with Gasteiger partial charge in [0.15, 0.2) is 0 Å². The fraction of sp³-hybridized carbons (Fsp3) is 0.0833. The van der Waals surface area contributed by atoms with Gasteiger partial charge in [-0.25, -0.2) is 19.9 Å². The molecule has 8 rings (SSSR count). The van der Waals surface area contributed by atoms with Gasteiger partial charge < -0.3 is 0 Å². The minimum Gasteiger partial charge on any atom is -0.279 e. The normalized spacial score (nSPS) is 11.0. The lowest BCUT2D eigenvalue weighted by molar-refractivity contribution is 1.01. The highest BCUT2D eigenvalue weighted by Gasteiger charge is 2.19. The van der Waals surface area contributed by atoms with Crippen molar-refractivity contribution in [3.05, 3.63) is 193 Å². The van der Waals surface area contributed by atoms with Gasteiger partial charge in [0.2, 0.25) is 11.9 Å². The molecule has 0 saturated carbocycles. The third kappa shape index (κ3) is 7.36. The van der Waals surface area contributed by atoms with Crippen molar-refractivity contribution < 1.29 is 0 Å². The first kappa shape index (κ1) is 34.2. The largest absolute Gasteiger partial charge is 0.279 e. The molecule has 0 radical (unpaired) electrons. The van der Waals surface area contributed by atoms with Crippen LogP contribution in [0.3, 0.4) is 0 Å². The number of benzene rings is 6. The quantitative estimate of drug-likeness (QED) is 0.149. The van der Waals surface area contributed by atoms with Crippen LogP contribution in [0.15, 0.2) is 170 Å². The van der Waals surface area contributed by atoms with Crippen molar-refractivity contribution in [2.45, 2.75) is 27.7 Å². The highest BCUT2D eigenvalue weighted by Crippen LogP contribution is 2.38. The topological polar surface area (TPSA) is 58.0 Å². The number of aromatic nitrogens is 4. The van der Waals surface area contributed by atoms with Crippen LogP contribution in [0.4, 0.5) is 34.6 Å². The Bertz CT molecular complexity index is 2280. The Morgan fingerprint density at radius 3 is 0.741 bits per heavy atom. The number of aryl methyl sites for hydroxylation is 4. The van der Waals surface area contributed by atoms with Crippen molar-refractivity contribution >= 4 is 34.6 Å². The molecule has 2 heterocycles. The average Bonchev–Trinajstić information content (AvgIpc) is 3.19. The van der Waals surface area contributed by atoms with Crippen LogP contribution in [0.25, 0.3) is 33.4 Å². The Morgan fingerprint density at radius 2 is 0.500 bits per heavy atom. The summed E-state index contributed by atoms with van der Waals surface area (Å²) in [5, 5.41) is 0. The molecule has 262 valence electrons. The number of nitrogens with zero attached hydrogens (tertiary/aromatic N) is 6. The lowest BCUT2D eigenvalue weighted by Gasteiger charge is -2.25. The van der Waals surface area contributed by atoms with E-state index in [0.717, 1.165) is 67.8 Å². The van der Waals surface area contributed by atoms with Crippen LogP contribution in [0, 0.1) is 27.7 Å². The van der Waals surface area contributed by atoms with Gasteiger partial charge in [0.1, 0.15) is 0 Å². The second-order valence-electron chi connectivity index (χ2n) is 13.5. The van der Waals surface area contributed by atoms with Gasteiger partial charge >= 0.3 is 0 Å². The van der Waals surface area contributed by atoms with Crippen LogP contribution >= 0.6 is 0 Å². The van der Waals surface area contributed by atoms with Crippen LogP contribution in [0.2, 0.25) is 0 Å². The van der Waals surface area contributed by atoms with Crippen LogP contribution in [0.5, 0.6) is 0 Å². The van der Waals surface area contributed by atoms with Crippen molar-refractivity contribution in [1.29, 1.82) is 0 Å². The van der Waals surface area contributed by atoms with Gasteiger partial charge in [0.05, 0.1) is 0 Å². The lowest BCUT2D eigenvalue weighted by Crippen LogP contribution is -2.14. The fourth-order valence-electron chi connectivity index (χ4n) is 6.85. The van der Waals surface area contributed by atoms with Gasteiger partial charge in [-0.2, -0.15) is 0 Å². The van der Waals surface area contributed by atoms with E-state index in [1.807, 2.05) is 52.0 Å². The molecule has 2 aromatic heterocycles. The van der Waals surface area contributed by atoms with E-state index in [4.69, 9.17) is 19.9 Å². The molecule has 0 unspecified atom stereocenters. The maximum absolute atomic E-state index is 4.86. The van der Waals surface area contributed by atoms with Crippen molar-refractivity contribution in [2.75, 3.05) is 9.80 Å². The summed E-state index contributed by atoms with van der Waals surface area (Å²) in [6.45, 7) is 8.03. The van der Waals surface area contributed by atoms with Crippen LogP contribution in [0.1, 0.15) is 22.8 Å². The van der Waals surface area contributed by atoms with Crippen molar-refractivity contribution in [3.63, 3.8) is 0 Å². The van der Waals surface area contributed by atoms with Crippen LogP contribution in [-0.2, 0) is 0 Å². The molecular formula is C48H40N6. The Kier molecular flexibility index (Phi) is 9.48. The van der Waals surface area contributed by atoms with Gasteiger partial charge in [-0.05, 0) is 122 Å². The van der Waals surface area contributed by atoms with Gasteiger partial charge in [-0.1, -0.05) is 109 Å². The Labute approximate surface area is 317 Å². The summed E-state index contributed by atoms with van der Waals surface area (Å²) in [6.07, 6.45) is 0. The first-order valence-corrected chi connectivity index (χ1v) is 18.1. The summed E-state index contributed by atoms with van der Waals surface area (Å²) < 4.78 is 0. The third-order valence-electron chi connectivity index (χ3n) is 9.39. The second-order valence-corrected chi connectivity index (χ2v) is 13.5. The SMILES string of the molecule is Cc1cc(C)nc(N(c2ccc(-c3ccccc3)cc2)c2ccc(-c3ccc(N(c4ccc(-c5ccccc5)cc4)c4nc(C)cc(C)n4)cc3)cc2)n1. The fourth-order valence-corrected chi connectivity index (χ4v) is 6.85. The van der Waals surface area contributed by atoms with Gasteiger partial charge in [-0.3, -0.25) is 9.80 Å². The Hall–Kier alpha value is -6.92. The van der Waals surface area contributed by atoms with Gasteiger partial charge in [-0.15, -0.1) is 0 Å². The van der Waals surface area contributed by atoms with E-state index in [9.17, 15) is 0 Å². The zero-order chi connectivity index (χ0) is 37.0. The molecule has 6 aromatic carbocycles. The highest BCUT2D eigenvalue weighted by atomic mass is 15.3. The molecule has 0 N–H and O–H groups in total. The van der Waals surface area contributed by atoms with E-state index in [2.05, 4.69) is 155 Å². The van der Waals surface area contributed by atoms with Crippen molar-refractivity contribution in [3.8, 4) is 33.4 Å². The predicted molar refractivity (Wildman–Crippen MR) is 222 cm³/mol. The number of hydrogen-bond acceptors (Lipinski definition) is 6. The Morgan fingerprint density at radius 1 is 0.278 bits per heavy atom. The molecule has 54 heavy (non-hydrogen) atoms. The van der Waals surface area contributed by atoms with E-state index in [0.29, 0.717) is 11.9 Å². The van der Waals surface area contributed by atoms with Gasteiger partial charge in [0, 0.05) is 45.5 Å². The molecule has 6 nitrogen and oxygen atoms in total. The maximum atomic E-state index is 4.86. The summed E-state index contributed by atoms with van der Waals surface area (Å²) in [5.41, 5.74) is 14.5. The zero-order valence-electron chi connectivity index (χ0n) is 30.8. The molecule has 0 amide bonds. The molecule has 0 bridgehead atoms. The van der Waals surface area contributed by atoms with E-state index in [1.165, 1.54) is 11.1 Å². The minimum absolute atomic E-state index is 0.641. The minimum atomic E-state index is 0.641. The second kappa shape index (κ2) is 15.0. The zero-order valence-corrected chi connectivity index (χ0v) is 30.8. The standard InChI is InChI=1S/C48H40N6/c1-33-31-34(2)50-47(49-33)53(43-23-15-39(16-24-43)37-11-7-5-8-12-37)45-27-19-41(20-28-45)42-21-29-46(30-22-42)54(48-51-35(3)32-36(4)52-48)44-25-17-40(18-26-44)38-13-9-6-10-14-38/h5-32H,1-4H3. The summed E-state index contributed by atoms with van der Waals surface area (Å²) in [6, 6.07) is 59.2. The maximum Gasteiger partial charge on any atom is 0.235 e. The first-order chi connectivity index (χ1) is 26.4. The summed E-state index contributed by atoms with van der Waals surface area (Å²) in [5.74, 6) is 1.28. The van der Waals surface area contributed by atoms with Crippen LogP contribution in [-0.4, -0.2) is 19.9 Å². The molecule has 0 atom stereocenters. The van der Waals surface area contributed by atoms with Crippen LogP contribution < -0.4 is 9.80 Å². The van der Waals surface area contributed by atoms with Crippen molar-refractivity contribution in [1.82, 2.24) is 19.9 Å². The molecule has 0 aliphatic carbocycles. The smallest absolute Gasteiger partial charge is 0.235 e. The highest BCUT2D eigenvalue weighted by molar-refractivity contribution is 5.80. The van der Waals surface area contributed by atoms with E-state index >= 15 is 0 Å². The molecule has 0 aliphatic rings. The van der Waals surface area contributed by atoms with E-state index in [1.54, 1.807) is 0 Å². The van der Waals surface area contributed by atoms with E-state index < -0.39 is 0 Å². The molecular weight excluding hydrogens is 661 g/mol. The summed E-state index contributed by atoms with van der Waals surface area (Å²) in [4.78, 5) is 23.7. The first-order valence-electron chi connectivity index (χ1n) is 18.1. The Balaban J connectivity index is 1.11.